The Kier molecular flexibility index (Phi) is 5.73. The van der Waals surface area contributed by atoms with Crippen LogP contribution in [-0.2, 0) is 27.1 Å². The average Bonchev–Trinajstić information content (AvgIpc) is 2.52. The Morgan fingerprint density at radius 1 is 0.821 bits per heavy atom. The fraction of sp³-hybridized carbons (Fsp3) is 0.571. The molecule has 0 saturated carbocycles. The topological polar surface area (TPSA) is 55.4 Å². The molecule has 4 nitrogen and oxygen atoms in total. The van der Waals surface area contributed by atoms with E-state index in [9.17, 15) is 47.9 Å². The normalized spacial score (nSPS) is 18.9. The van der Waals surface area contributed by atoms with Gasteiger partial charge in [0.05, 0.1) is 16.0 Å². The highest BCUT2D eigenvalue weighted by atomic mass is 32.2. The van der Waals surface area contributed by atoms with Crippen molar-refractivity contribution in [3.63, 3.8) is 0 Å². The average molecular weight is 445 g/mol. The van der Waals surface area contributed by atoms with Crippen molar-refractivity contribution >= 4 is 10.0 Å². The van der Waals surface area contributed by atoms with Gasteiger partial charge in [0, 0.05) is 13.2 Å². The van der Waals surface area contributed by atoms with E-state index < -0.39 is 76.2 Å². The Morgan fingerprint density at radius 2 is 1.25 bits per heavy atom. The summed E-state index contributed by atoms with van der Waals surface area (Å²) in [6, 6.07) is -0.630. The Hall–Kier alpha value is -1.54. The predicted octanol–water partition coefficient (Wildman–Crippen LogP) is 4.11. The number of rotatable bonds is 3. The molecule has 0 spiro atoms. The minimum Gasteiger partial charge on any atom is -0.381 e. The molecule has 160 valence electrons. The van der Waals surface area contributed by atoms with Crippen LogP contribution in [0, 0.1) is 0 Å². The molecule has 1 aromatic carbocycles. The quantitative estimate of drug-likeness (QED) is 0.713. The molecule has 2 rings (SSSR count). The van der Waals surface area contributed by atoms with Gasteiger partial charge in [0.15, 0.2) is 0 Å². The van der Waals surface area contributed by atoms with Crippen LogP contribution in [0.5, 0.6) is 0 Å². The summed E-state index contributed by atoms with van der Waals surface area (Å²) in [7, 11) is -5.39. The van der Waals surface area contributed by atoms with E-state index in [1.165, 1.54) is 4.72 Å². The first kappa shape index (κ1) is 22.7. The van der Waals surface area contributed by atoms with E-state index in [-0.39, 0.29) is 18.2 Å². The van der Waals surface area contributed by atoms with Gasteiger partial charge in [-0.05, 0) is 31.0 Å². The minimum absolute atomic E-state index is 0.152. The third kappa shape index (κ3) is 4.71. The maximum atomic E-state index is 13.4. The first-order chi connectivity index (χ1) is 12.5. The van der Waals surface area contributed by atoms with E-state index >= 15 is 0 Å². The fourth-order valence-corrected chi connectivity index (χ4v) is 4.08. The van der Waals surface area contributed by atoms with Gasteiger partial charge in [0.2, 0.25) is 10.0 Å². The van der Waals surface area contributed by atoms with Crippen molar-refractivity contribution in [1.29, 1.82) is 0 Å². The molecule has 1 N–H and O–H groups in total. The van der Waals surface area contributed by atoms with Gasteiger partial charge in [-0.3, -0.25) is 0 Å². The molecule has 0 unspecified atom stereocenters. The van der Waals surface area contributed by atoms with Crippen molar-refractivity contribution in [3.8, 4) is 0 Å². The molecule has 1 aromatic rings. The van der Waals surface area contributed by atoms with Crippen LogP contribution in [0.15, 0.2) is 23.1 Å². The zero-order valence-electron chi connectivity index (χ0n) is 13.6. The largest absolute Gasteiger partial charge is 0.416 e. The van der Waals surface area contributed by atoms with Crippen molar-refractivity contribution in [2.75, 3.05) is 13.2 Å². The maximum absolute atomic E-state index is 13.4. The lowest BCUT2D eigenvalue weighted by Crippen LogP contribution is -2.61. The van der Waals surface area contributed by atoms with Gasteiger partial charge < -0.3 is 4.74 Å². The molecule has 0 aliphatic carbocycles. The summed E-state index contributed by atoms with van der Waals surface area (Å²) in [5.41, 5.74) is -7.00. The number of hydrogen-bond acceptors (Lipinski definition) is 3. The van der Waals surface area contributed by atoms with Gasteiger partial charge in [0.25, 0.3) is 0 Å². The molecule has 0 atom stereocenters. The van der Waals surface area contributed by atoms with Crippen LogP contribution in [-0.4, -0.2) is 33.3 Å². The first-order valence-electron chi connectivity index (χ1n) is 7.46. The van der Waals surface area contributed by atoms with Crippen molar-refractivity contribution in [3.05, 3.63) is 29.3 Å². The van der Waals surface area contributed by atoms with E-state index in [1.54, 1.807) is 0 Å². The molecule has 0 amide bonds. The molecular formula is C14H12F9NO3S. The number of halogens is 9. The molecule has 0 bridgehead atoms. The Labute approximate surface area is 152 Å². The first-order valence-corrected chi connectivity index (χ1v) is 8.94. The van der Waals surface area contributed by atoms with Crippen LogP contribution in [0.4, 0.5) is 39.5 Å². The summed E-state index contributed by atoms with van der Waals surface area (Å²) in [6.07, 6.45) is -17.6. The predicted molar refractivity (Wildman–Crippen MR) is 75.6 cm³/mol. The van der Waals surface area contributed by atoms with E-state index in [1.807, 2.05) is 0 Å². The van der Waals surface area contributed by atoms with Crippen LogP contribution in [0.1, 0.15) is 24.0 Å². The number of ether oxygens (including phenoxy) is 1. The summed E-state index contributed by atoms with van der Waals surface area (Å²) in [5, 5.41) is 0. The monoisotopic (exact) mass is 445 g/mol. The molecule has 14 heteroatoms. The minimum atomic E-state index is -5.39. The van der Waals surface area contributed by atoms with Crippen molar-refractivity contribution < 1.29 is 52.7 Å². The Morgan fingerprint density at radius 3 is 1.61 bits per heavy atom. The zero-order chi connectivity index (χ0) is 21.6. The maximum Gasteiger partial charge on any atom is 0.416 e. The lowest BCUT2D eigenvalue weighted by Gasteiger charge is -2.38. The van der Waals surface area contributed by atoms with Crippen molar-refractivity contribution in [1.82, 2.24) is 4.72 Å². The highest BCUT2D eigenvalue weighted by Crippen LogP contribution is 2.41. The molecular weight excluding hydrogens is 433 g/mol. The molecule has 0 radical (unpaired) electrons. The fourth-order valence-electron chi connectivity index (χ4n) is 2.56. The summed E-state index contributed by atoms with van der Waals surface area (Å²) >= 11 is 0. The molecule has 1 aliphatic rings. The van der Waals surface area contributed by atoms with Crippen molar-refractivity contribution in [2.45, 2.75) is 41.8 Å². The van der Waals surface area contributed by atoms with Crippen molar-refractivity contribution in [2.24, 2.45) is 0 Å². The number of sulfonamides is 1. The van der Waals surface area contributed by atoms with E-state index in [0.29, 0.717) is 0 Å². The summed E-state index contributed by atoms with van der Waals surface area (Å²) in [6.45, 7) is -1.00. The SMILES string of the molecule is O=S(=O)(NC1(C(F)(F)F)CCOCC1)c1cc(C(F)(F)F)cc(C(F)(F)F)c1. The van der Waals surface area contributed by atoms with Crippen LogP contribution in [0.3, 0.4) is 0 Å². The van der Waals surface area contributed by atoms with Crippen LogP contribution in [0.2, 0.25) is 0 Å². The second-order valence-corrected chi connectivity index (χ2v) is 7.72. The van der Waals surface area contributed by atoms with E-state index in [2.05, 4.69) is 0 Å². The standard InChI is InChI=1S/C14H12F9NO3S/c15-12(16,17)8-5-9(13(18,19)20)7-10(6-8)28(25,26)24-11(14(21,22)23)1-3-27-4-2-11/h5-7,24H,1-4H2. The van der Waals surface area contributed by atoms with E-state index in [4.69, 9.17) is 4.74 Å². The molecule has 28 heavy (non-hydrogen) atoms. The highest BCUT2D eigenvalue weighted by molar-refractivity contribution is 7.89. The summed E-state index contributed by atoms with van der Waals surface area (Å²) in [4.78, 5) is -1.58. The molecule has 1 aliphatic heterocycles. The lowest BCUT2D eigenvalue weighted by molar-refractivity contribution is -0.210. The van der Waals surface area contributed by atoms with Gasteiger partial charge in [-0.25, -0.2) is 8.42 Å². The van der Waals surface area contributed by atoms with Crippen LogP contribution in [0.25, 0.3) is 0 Å². The number of benzene rings is 1. The van der Waals surface area contributed by atoms with Crippen LogP contribution < -0.4 is 4.72 Å². The van der Waals surface area contributed by atoms with Gasteiger partial charge in [-0.2, -0.15) is 44.2 Å². The number of nitrogens with one attached hydrogen (secondary N) is 1. The van der Waals surface area contributed by atoms with Gasteiger partial charge >= 0.3 is 18.5 Å². The molecule has 0 aromatic heterocycles. The third-order valence-electron chi connectivity index (χ3n) is 4.09. The lowest BCUT2D eigenvalue weighted by atomic mass is 9.91. The van der Waals surface area contributed by atoms with Gasteiger partial charge in [0.1, 0.15) is 5.54 Å². The zero-order valence-corrected chi connectivity index (χ0v) is 14.4. The third-order valence-corrected chi connectivity index (χ3v) is 5.61. The number of hydrogen-bond donors (Lipinski definition) is 1. The smallest absolute Gasteiger partial charge is 0.381 e. The highest BCUT2D eigenvalue weighted by Gasteiger charge is 2.57. The van der Waals surface area contributed by atoms with E-state index in [0.717, 1.165) is 0 Å². The Balaban J connectivity index is 2.58. The van der Waals surface area contributed by atoms with Gasteiger partial charge in [-0.1, -0.05) is 0 Å². The molecule has 1 saturated heterocycles. The number of alkyl halides is 9. The van der Waals surface area contributed by atoms with Gasteiger partial charge in [-0.15, -0.1) is 0 Å². The summed E-state index contributed by atoms with van der Waals surface area (Å²) in [5.74, 6) is 0. The molecule has 1 fully saturated rings. The second kappa shape index (κ2) is 7.06. The van der Waals surface area contributed by atoms with Crippen LogP contribution >= 0.6 is 0 Å². The second-order valence-electron chi connectivity index (χ2n) is 6.04. The summed E-state index contributed by atoms with van der Waals surface area (Å²) < 4.78 is 148. The molecule has 1 heterocycles. The Bertz CT molecular complexity index is 790.